The third-order valence-electron chi connectivity index (χ3n) is 0. The first-order chi connectivity index (χ1) is 2.00. The molecule has 7 heteroatoms. The van der Waals surface area contributed by atoms with Crippen molar-refractivity contribution in [3.05, 3.63) is 0 Å². The Morgan fingerprint density at radius 1 is 1.25 bits per heavy atom. The van der Waals surface area contributed by atoms with E-state index in [1.165, 1.54) is 0 Å². The predicted octanol–water partition coefficient (Wildman–Crippen LogP) is -2.90. The zero-order valence-electron chi connectivity index (χ0n) is 4.47. The summed E-state index contributed by atoms with van der Waals surface area (Å²) in [4.78, 5) is 0. The molecule has 0 aliphatic carbocycles. The van der Waals surface area contributed by atoms with Gasteiger partial charge in [-0.2, -0.15) is 8.42 Å². The van der Waals surface area contributed by atoms with Crippen LogP contribution in [-0.4, -0.2) is 17.5 Å². The Morgan fingerprint density at radius 2 is 1.25 bits per heavy atom. The molecule has 0 amide bonds. The number of rotatable bonds is 0. The minimum Gasteiger partial charge on any atom is -1.00 e. The molecule has 0 radical (unpaired) electrons. The maximum atomic E-state index is 8.74. The first kappa shape index (κ1) is 22.8. The fourth-order valence-corrected chi connectivity index (χ4v) is 0. The summed E-state index contributed by atoms with van der Waals surface area (Å²) in [6, 6.07) is 0. The van der Waals surface area contributed by atoms with E-state index in [0.717, 1.165) is 0 Å². The predicted molar refractivity (Wildman–Crippen MR) is 22.0 cm³/mol. The van der Waals surface area contributed by atoms with Crippen molar-refractivity contribution < 1.29 is 65.6 Å². The standard InChI is InChI=1S/CH4.Fe.Na.H2O4S.H/c;;;1-5(2,3)4;/h1H4;;;(H2,1,2,3,4);/q;;+1;;-1. The first-order valence-electron chi connectivity index (χ1n) is 0.698. The van der Waals surface area contributed by atoms with Crippen LogP contribution >= 0.6 is 0 Å². The fourth-order valence-electron chi connectivity index (χ4n) is 0. The maximum absolute atomic E-state index is 8.74. The van der Waals surface area contributed by atoms with Crippen molar-refractivity contribution in [2.45, 2.75) is 7.43 Å². The van der Waals surface area contributed by atoms with Gasteiger partial charge in [-0.05, 0) is 0 Å². The molecule has 0 aliphatic heterocycles. The van der Waals surface area contributed by atoms with Crippen molar-refractivity contribution in [1.82, 2.24) is 0 Å². The fraction of sp³-hybridized carbons (Fsp3) is 1.00. The van der Waals surface area contributed by atoms with Crippen molar-refractivity contribution in [1.29, 1.82) is 0 Å². The van der Waals surface area contributed by atoms with Crippen LogP contribution in [-0.2, 0) is 27.5 Å². The molecule has 0 unspecified atom stereocenters. The van der Waals surface area contributed by atoms with Gasteiger partial charge in [-0.25, -0.2) is 0 Å². The van der Waals surface area contributed by atoms with Gasteiger partial charge in [0.25, 0.3) is 0 Å². The Bertz CT molecular complexity index is 104. The molecule has 0 heterocycles. The summed E-state index contributed by atoms with van der Waals surface area (Å²) in [6.07, 6.45) is 0. The third-order valence-corrected chi connectivity index (χ3v) is 0. The maximum Gasteiger partial charge on any atom is 1.00 e. The van der Waals surface area contributed by atoms with Gasteiger partial charge in [0, 0.05) is 17.1 Å². The average molecular weight is 194 g/mol. The summed E-state index contributed by atoms with van der Waals surface area (Å²) in [5, 5.41) is 0. The number of hydrogen-bond donors (Lipinski definition) is 2. The topological polar surface area (TPSA) is 74.6 Å². The van der Waals surface area contributed by atoms with Crippen LogP contribution in [0.4, 0.5) is 0 Å². The van der Waals surface area contributed by atoms with Crippen LogP contribution in [0.25, 0.3) is 0 Å². The van der Waals surface area contributed by atoms with Gasteiger partial charge in [-0.1, -0.05) is 7.43 Å². The Kier molecular flexibility index (Phi) is 23.9. The zero-order chi connectivity index (χ0) is 4.50. The largest absolute Gasteiger partial charge is 1.00 e. The normalized spacial score (nSPS) is 7.25. The van der Waals surface area contributed by atoms with E-state index in [0.29, 0.717) is 0 Å². The molecule has 0 atom stereocenters. The Labute approximate surface area is 82.9 Å². The SMILES string of the molecule is C.O=S(=O)(O)O.[Fe].[H-].[Na+]. The molecular weight excluding hydrogens is 187 g/mol. The molecule has 8 heavy (non-hydrogen) atoms. The minimum absolute atomic E-state index is 0. The average Bonchev–Trinajstić information content (AvgIpc) is 0.722. The smallest absolute Gasteiger partial charge is 1.00 e. The van der Waals surface area contributed by atoms with E-state index in [-0.39, 0.29) is 55.5 Å². The van der Waals surface area contributed by atoms with Crippen LogP contribution in [0.15, 0.2) is 0 Å². The molecule has 0 aromatic carbocycles. The van der Waals surface area contributed by atoms with Crippen LogP contribution in [0.1, 0.15) is 8.85 Å². The number of hydrogen-bond acceptors (Lipinski definition) is 2. The van der Waals surface area contributed by atoms with E-state index in [2.05, 4.69) is 0 Å². The molecule has 0 saturated carbocycles. The molecule has 50 valence electrons. The van der Waals surface area contributed by atoms with Crippen LogP contribution in [0.2, 0.25) is 0 Å². The quantitative estimate of drug-likeness (QED) is 0.320. The van der Waals surface area contributed by atoms with E-state index < -0.39 is 10.4 Å². The van der Waals surface area contributed by atoms with Gasteiger partial charge in [0.15, 0.2) is 0 Å². The second kappa shape index (κ2) is 8.39. The molecule has 2 N–H and O–H groups in total. The zero-order valence-corrected chi connectivity index (χ0v) is 7.39. The molecule has 4 nitrogen and oxygen atoms in total. The summed E-state index contributed by atoms with van der Waals surface area (Å²) in [5.74, 6) is 0. The van der Waals surface area contributed by atoms with Gasteiger partial charge in [0.2, 0.25) is 0 Å². The van der Waals surface area contributed by atoms with Crippen molar-refractivity contribution in [3.8, 4) is 0 Å². The van der Waals surface area contributed by atoms with Crippen molar-refractivity contribution in [2.24, 2.45) is 0 Å². The van der Waals surface area contributed by atoms with Gasteiger partial charge in [0.05, 0.1) is 0 Å². The van der Waals surface area contributed by atoms with Crippen molar-refractivity contribution in [2.75, 3.05) is 0 Å². The van der Waals surface area contributed by atoms with Gasteiger partial charge in [0.1, 0.15) is 0 Å². The van der Waals surface area contributed by atoms with Gasteiger partial charge in [-0.3, -0.25) is 9.11 Å². The molecule has 0 aromatic heterocycles. The van der Waals surface area contributed by atoms with E-state index in [9.17, 15) is 0 Å². The summed E-state index contributed by atoms with van der Waals surface area (Å²) in [7, 11) is -4.67. The Hall–Kier alpha value is 1.39. The molecular formula is CH7FeNaO4S. The Morgan fingerprint density at radius 3 is 1.25 bits per heavy atom. The monoisotopic (exact) mass is 194 g/mol. The molecule has 0 fully saturated rings. The van der Waals surface area contributed by atoms with Gasteiger partial charge < -0.3 is 1.43 Å². The summed E-state index contributed by atoms with van der Waals surface area (Å²) in [5.41, 5.74) is 0. The van der Waals surface area contributed by atoms with E-state index in [1.807, 2.05) is 0 Å². The van der Waals surface area contributed by atoms with Crippen molar-refractivity contribution in [3.63, 3.8) is 0 Å². The summed E-state index contributed by atoms with van der Waals surface area (Å²) in [6.45, 7) is 0. The van der Waals surface area contributed by atoms with Crippen LogP contribution in [0, 0.1) is 0 Å². The molecule has 0 aliphatic rings. The molecule has 0 bridgehead atoms. The van der Waals surface area contributed by atoms with E-state index in [1.54, 1.807) is 0 Å². The molecule has 0 saturated heterocycles. The van der Waals surface area contributed by atoms with Crippen LogP contribution in [0.3, 0.4) is 0 Å². The minimum atomic E-state index is -4.67. The van der Waals surface area contributed by atoms with Crippen LogP contribution in [0.5, 0.6) is 0 Å². The molecule has 0 spiro atoms. The third kappa shape index (κ3) is 156. The molecule has 0 aromatic rings. The summed E-state index contributed by atoms with van der Waals surface area (Å²) >= 11 is 0. The van der Waals surface area contributed by atoms with E-state index in [4.69, 9.17) is 17.5 Å². The summed E-state index contributed by atoms with van der Waals surface area (Å²) < 4.78 is 31.6. The molecule has 0 rings (SSSR count). The Balaban J connectivity index is -0.0000000133. The first-order valence-corrected chi connectivity index (χ1v) is 2.10. The van der Waals surface area contributed by atoms with Gasteiger partial charge >= 0.3 is 40.0 Å². The second-order valence-electron chi connectivity index (χ2n) is 0.448. The van der Waals surface area contributed by atoms with Crippen LogP contribution < -0.4 is 29.6 Å². The van der Waals surface area contributed by atoms with Crippen molar-refractivity contribution >= 4 is 10.4 Å². The van der Waals surface area contributed by atoms with E-state index >= 15 is 0 Å². The second-order valence-corrected chi connectivity index (χ2v) is 1.34. The van der Waals surface area contributed by atoms with Gasteiger partial charge in [-0.15, -0.1) is 0 Å².